The van der Waals surface area contributed by atoms with Crippen molar-refractivity contribution < 1.29 is 13.2 Å². The first-order valence-electron chi connectivity index (χ1n) is 11.0. The van der Waals surface area contributed by atoms with Crippen LogP contribution in [0.15, 0.2) is 59.6 Å². The second-order valence-electron chi connectivity index (χ2n) is 8.23. The third kappa shape index (κ3) is 5.46. The number of aromatic nitrogens is 1. The molecule has 4 rings (SSSR count). The fraction of sp³-hybridized carbons (Fsp3) is 0.333. The van der Waals surface area contributed by atoms with Crippen LogP contribution in [0.5, 0.6) is 0 Å². The third-order valence-electron chi connectivity index (χ3n) is 5.93. The molecule has 0 unspecified atom stereocenters. The van der Waals surface area contributed by atoms with Crippen molar-refractivity contribution in [2.45, 2.75) is 24.7 Å². The van der Waals surface area contributed by atoms with Gasteiger partial charge < -0.3 is 10.6 Å². The van der Waals surface area contributed by atoms with Crippen LogP contribution in [0.3, 0.4) is 0 Å². The van der Waals surface area contributed by atoms with Crippen LogP contribution in [-0.2, 0) is 14.8 Å². The van der Waals surface area contributed by atoms with Gasteiger partial charge in [-0.15, -0.1) is 0 Å². The molecule has 0 radical (unpaired) electrons. The van der Waals surface area contributed by atoms with Crippen molar-refractivity contribution >= 4 is 44.1 Å². The Morgan fingerprint density at radius 1 is 1.09 bits per heavy atom. The van der Waals surface area contributed by atoms with Gasteiger partial charge in [0.25, 0.3) is 0 Å². The Labute approximate surface area is 199 Å². The minimum atomic E-state index is -3.52. The quantitative estimate of drug-likeness (QED) is 0.495. The number of aryl methyl sites for hydroxylation is 1. The van der Waals surface area contributed by atoms with Gasteiger partial charge in [0.15, 0.2) is 0 Å². The number of nitrogens with one attached hydrogen (secondary N) is 2. The van der Waals surface area contributed by atoms with Gasteiger partial charge in [-0.1, -0.05) is 29.3 Å². The average Bonchev–Trinajstić information content (AvgIpc) is 2.82. The summed E-state index contributed by atoms with van der Waals surface area (Å²) in [4.78, 5) is 17.2. The second kappa shape index (κ2) is 10.1. The van der Waals surface area contributed by atoms with Gasteiger partial charge >= 0.3 is 0 Å². The normalized spacial score (nSPS) is 15.5. The molecule has 0 spiro atoms. The summed E-state index contributed by atoms with van der Waals surface area (Å²) in [6.07, 6.45) is 2.75. The lowest BCUT2D eigenvalue weighted by Crippen LogP contribution is -2.43. The van der Waals surface area contributed by atoms with E-state index in [-0.39, 0.29) is 11.8 Å². The Hall–Kier alpha value is -2.68. The number of benzene rings is 2. The van der Waals surface area contributed by atoms with Crippen LogP contribution in [0.25, 0.3) is 10.9 Å². The van der Waals surface area contributed by atoms with E-state index in [1.807, 2.05) is 31.2 Å². The first kappa shape index (κ1) is 23.5. The zero-order chi connectivity index (χ0) is 23.4. The van der Waals surface area contributed by atoms with Crippen LogP contribution in [-0.4, -0.2) is 49.8 Å². The number of nitrogens with zero attached hydrogens (tertiary/aromatic N) is 2. The number of rotatable bonds is 7. The van der Waals surface area contributed by atoms with Crippen molar-refractivity contribution in [1.29, 1.82) is 0 Å². The van der Waals surface area contributed by atoms with Crippen LogP contribution in [0.2, 0.25) is 5.02 Å². The summed E-state index contributed by atoms with van der Waals surface area (Å²) in [5.74, 6) is -0.214. The molecule has 1 saturated heterocycles. The van der Waals surface area contributed by atoms with E-state index in [9.17, 15) is 13.2 Å². The molecular formula is C24H27ClN4O3S. The number of sulfonamides is 1. The highest BCUT2D eigenvalue weighted by atomic mass is 35.5. The van der Waals surface area contributed by atoms with Gasteiger partial charge in [-0.05, 0) is 56.2 Å². The summed E-state index contributed by atoms with van der Waals surface area (Å²) in [5.41, 5.74) is 2.75. The minimum Gasteiger partial charge on any atom is -0.383 e. The lowest BCUT2D eigenvalue weighted by molar-refractivity contribution is -0.126. The molecule has 9 heteroatoms. The third-order valence-corrected chi connectivity index (χ3v) is 8.08. The molecule has 1 amide bonds. The number of anilines is 1. The molecular weight excluding hydrogens is 460 g/mol. The predicted octanol–water partition coefficient (Wildman–Crippen LogP) is 3.83. The fourth-order valence-corrected chi connectivity index (χ4v) is 5.66. The molecule has 1 aromatic heterocycles. The molecule has 0 saturated carbocycles. The summed E-state index contributed by atoms with van der Waals surface area (Å²) in [5, 5.41) is 7.90. The second-order valence-corrected chi connectivity index (χ2v) is 10.6. The highest BCUT2D eigenvalue weighted by molar-refractivity contribution is 7.89. The fourth-order valence-electron chi connectivity index (χ4n) is 4.02. The first-order valence-corrected chi connectivity index (χ1v) is 12.8. The van der Waals surface area contributed by atoms with Crippen molar-refractivity contribution in [2.24, 2.45) is 5.92 Å². The molecule has 2 N–H and O–H groups in total. The van der Waals surface area contributed by atoms with E-state index in [0.717, 1.165) is 22.2 Å². The number of hydrogen-bond donors (Lipinski definition) is 2. The minimum absolute atomic E-state index is 0.0319. The molecule has 1 fully saturated rings. The summed E-state index contributed by atoms with van der Waals surface area (Å²) in [6, 6.07) is 14.3. The van der Waals surface area contributed by atoms with Crippen LogP contribution < -0.4 is 10.6 Å². The summed E-state index contributed by atoms with van der Waals surface area (Å²) >= 11 is 6.03. The Morgan fingerprint density at radius 3 is 2.55 bits per heavy atom. The zero-order valence-electron chi connectivity index (χ0n) is 18.4. The maximum atomic E-state index is 12.8. The van der Waals surface area contributed by atoms with Crippen molar-refractivity contribution in [3.63, 3.8) is 0 Å². The van der Waals surface area contributed by atoms with Crippen molar-refractivity contribution in [2.75, 3.05) is 31.5 Å². The Bertz CT molecular complexity index is 1240. The number of fused-ring (bicyclic) bond motifs is 1. The maximum Gasteiger partial charge on any atom is 0.243 e. The van der Waals surface area contributed by atoms with Gasteiger partial charge in [0.05, 0.1) is 10.4 Å². The number of pyridine rings is 1. The molecule has 2 heterocycles. The van der Waals surface area contributed by atoms with Gasteiger partial charge in [0.2, 0.25) is 15.9 Å². The van der Waals surface area contributed by atoms with E-state index in [0.29, 0.717) is 48.9 Å². The summed E-state index contributed by atoms with van der Waals surface area (Å²) in [6.45, 7) is 3.65. The lowest BCUT2D eigenvalue weighted by Gasteiger charge is -2.30. The monoisotopic (exact) mass is 486 g/mol. The number of amides is 1. The summed E-state index contributed by atoms with van der Waals surface area (Å²) < 4.78 is 27.2. The smallest absolute Gasteiger partial charge is 0.243 e. The molecule has 1 aliphatic heterocycles. The number of hydrogen-bond acceptors (Lipinski definition) is 5. The standard InChI is InChI=1S/C24H27ClN4O3S/c1-17-2-5-20(6-3-17)33(31,32)29-14-9-18(10-15-29)24(30)28-13-12-27-22-8-11-26-23-16-19(25)4-7-21(22)23/h2-8,11,16,18H,9-10,12-15H2,1H3,(H,26,27)(H,28,30). The van der Waals surface area contributed by atoms with Crippen LogP contribution in [0.1, 0.15) is 18.4 Å². The lowest BCUT2D eigenvalue weighted by atomic mass is 9.97. The highest BCUT2D eigenvalue weighted by Gasteiger charge is 2.31. The molecule has 7 nitrogen and oxygen atoms in total. The first-order chi connectivity index (χ1) is 15.8. The van der Waals surface area contributed by atoms with E-state index < -0.39 is 10.0 Å². The Balaban J connectivity index is 1.25. The molecule has 0 aliphatic carbocycles. The van der Waals surface area contributed by atoms with E-state index in [1.54, 1.807) is 30.5 Å². The van der Waals surface area contributed by atoms with Crippen LogP contribution >= 0.6 is 11.6 Å². The van der Waals surface area contributed by atoms with Crippen LogP contribution in [0.4, 0.5) is 5.69 Å². The maximum absolute atomic E-state index is 12.8. The molecule has 33 heavy (non-hydrogen) atoms. The van der Waals surface area contributed by atoms with Gasteiger partial charge in [0.1, 0.15) is 0 Å². The molecule has 2 aromatic carbocycles. The van der Waals surface area contributed by atoms with E-state index in [4.69, 9.17) is 11.6 Å². The molecule has 0 bridgehead atoms. The highest BCUT2D eigenvalue weighted by Crippen LogP contribution is 2.25. The van der Waals surface area contributed by atoms with Crippen molar-refractivity contribution in [3.05, 3.63) is 65.3 Å². The molecule has 0 atom stereocenters. The molecule has 1 aliphatic rings. The number of carbonyl (C=O) groups excluding carboxylic acids is 1. The van der Waals surface area contributed by atoms with E-state index in [2.05, 4.69) is 15.6 Å². The van der Waals surface area contributed by atoms with Crippen molar-refractivity contribution in [3.8, 4) is 0 Å². The molecule has 174 valence electrons. The molecule has 3 aromatic rings. The van der Waals surface area contributed by atoms with Gasteiger partial charge in [-0.3, -0.25) is 9.78 Å². The summed E-state index contributed by atoms with van der Waals surface area (Å²) in [7, 11) is -3.52. The van der Waals surface area contributed by atoms with Crippen LogP contribution in [0, 0.1) is 12.8 Å². The van der Waals surface area contributed by atoms with Gasteiger partial charge in [-0.25, -0.2) is 8.42 Å². The largest absolute Gasteiger partial charge is 0.383 e. The van der Waals surface area contributed by atoms with Gasteiger partial charge in [0, 0.05) is 54.4 Å². The average molecular weight is 487 g/mol. The number of halogens is 1. The number of piperidine rings is 1. The van der Waals surface area contributed by atoms with Crippen molar-refractivity contribution in [1.82, 2.24) is 14.6 Å². The predicted molar refractivity (Wildman–Crippen MR) is 131 cm³/mol. The SMILES string of the molecule is Cc1ccc(S(=O)(=O)N2CCC(C(=O)NCCNc3ccnc4cc(Cl)ccc34)CC2)cc1. The Morgan fingerprint density at radius 2 is 1.82 bits per heavy atom. The van der Waals surface area contributed by atoms with E-state index in [1.165, 1.54) is 4.31 Å². The zero-order valence-corrected chi connectivity index (χ0v) is 20.0. The van der Waals surface area contributed by atoms with E-state index >= 15 is 0 Å². The Kier molecular flexibility index (Phi) is 7.17. The number of carbonyl (C=O) groups is 1. The topological polar surface area (TPSA) is 91.4 Å². The van der Waals surface area contributed by atoms with Gasteiger partial charge in [-0.2, -0.15) is 4.31 Å².